The number of aromatic hydroxyl groups is 1. The minimum atomic E-state index is -0.699. The number of benzene rings is 1. The molecule has 1 aromatic carbocycles. The van der Waals surface area contributed by atoms with Crippen LogP contribution in [0.3, 0.4) is 0 Å². The van der Waals surface area contributed by atoms with E-state index in [0.717, 1.165) is 26.8 Å². The molecule has 1 aromatic heterocycles. The van der Waals surface area contributed by atoms with E-state index in [1.165, 1.54) is 14.0 Å². The standard InChI is InChI=1S/C20H15N3O4S2/c1-11-13(9-21)17(25)22(2)19(27)16(11)14(24)10-23-18(26)15(29-20(23)28)8-12-6-4-3-5-7-12/h3-8,27H,10H2,1-2H3/b15-8-. The number of nitriles is 1. The van der Waals surface area contributed by atoms with Gasteiger partial charge in [0.1, 0.15) is 16.0 Å². The molecule has 0 bridgehead atoms. The second-order valence-corrected chi connectivity index (χ2v) is 7.95. The van der Waals surface area contributed by atoms with Gasteiger partial charge in [-0.25, -0.2) is 0 Å². The molecule has 1 fully saturated rings. The van der Waals surface area contributed by atoms with Gasteiger partial charge in [-0.05, 0) is 24.1 Å². The quantitative estimate of drug-likeness (QED) is 0.456. The van der Waals surface area contributed by atoms with Crippen molar-refractivity contribution in [2.24, 2.45) is 7.05 Å². The third kappa shape index (κ3) is 3.72. The Balaban J connectivity index is 1.93. The molecule has 146 valence electrons. The SMILES string of the molecule is Cc1c(C(=O)CN2C(=O)/C(=C/c3ccccc3)SC2=S)c(O)n(C)c(=O)c1C#N. The Morgan fingerprint density at radius 2 is 1.97 bits per heavy atom. The van der Waals surface area contributed by atoms with E-state index in [1.807, 2.05) is 30.3 Å². The first kappa shape index (κ1) is 20.5. The molecule has 29 heavy (non-hydrogen) atoms. The molecule has 9 heteroatoms. The van der Waals surface area contributed by atoms with Gasteiger partial charge in [0.2, 0.25) is 5.88 Å². The number of carbonyl (C=O) groups excluding carboxylic acids is 2. The van der Waals surface area contributed by atoms with E-state index in [-0.39, 0.29) is 21.0 Å². The van der Waals surface area contributed by atoms with E-state index in [1.54, 1.807) is 12.1 Å². The molecule has 1 aliphatic heterocycles. The molecule has 2 aromatic rings. The predicted octanol–water partition coefficient (Wildman–Crippen LogP) is 2.36. The summed E-state index contributed by atoms with van der Waals surface area (Å²) in [5, 5.41) is 19.5. The summed E-state index contributed by atoms with van der Waals surface area (Å²) in [7, 11) is 1.26. The topological polar surface area (TPSA) is 103 Å². The lowest BCUT2D eigenvalue weighted by molar-refractivity contribution is -0.121. The zero-order valence-electron chi connectivity index (χ0n) is 15.5. The Morgan fingerprint density at radius 1 is 1.31 bits per heavy atom. The van der Waals surface area contributed by atoms with Crippen LogP contribution in [-0.2, 0) is 11.8 Å². The van der Waals surface area contributed by atoms with Crippen molar-refractivity contribution in [3.05, 3.63) is 67.8 Å². The van der Waals surface area contributed by atoms with Gasteiger partial charge in [0.25, 0.3) is 11.5 Å². The molecule has 1 aliphatic rings. The molecule has 0 atom stereocenters. The smallest absolute Gasteiger partial charge is 0.271 e. The highest BCUT2D eigenvalue weighted by Crippen LogP contribution is 2.33. The van der Waals surface area contributed by atoms with Crippen molar-refractivity contribution in [1.29, 1.82) is 5.26 Å². The van der Waals surface area contributed by atoms with Crippen LogP contribution in [0, 0.1) is 18.3 Å². The van der Waals surface area contributed by atoms with E-state index in [4.69, 9.17) is 12.2 Å². The number of thioether (sulfide) groups is 1. The number of carbonyl (C=O) groups is 2. The van der Waals surface area contributed by atoms with Crippen LogP contribution in [0.1, 0.15) is 27.0 Å². The zero-order valence-corrected chi connectivity index (χ0v) is 17.1. The van der Waals surface area contributed by atoms with Crippen LogP contribution in [-0.4, -0.2) is 37.1 Å². The number of hydrogen-bond acceptors (Lipinski definition) is 7. The van der Waals surface area contributed by atoms with Crippen molar-refractivity contribution < 1.29 is 14.7 Å². The summed E-state index contributed by atoms with van der Waals surface area (Å²) < 4.78 is 1.05. The average molecular weight is 425 g/mol. The van der Waals surface area contributed by atoms with Gasteiger partial charge >= 0.3 is 0 Å². The Hall–Kier alpha value is -3.22. The number of thiocarbonyl (C=S) groups is 1. The van der Waals surface area contributed by atoms with Crippen LogP contribution < -0.4 is 5.56 Å². The van der Waals surface area contributed by atoms with Crippen molar-refractivity contribution in [3.63, 3.8) is 0 Å². The summed E-state index contributed by atoms with van der Waals surface area (Å²) in [6.45, 7) is 1.00. The number of pyridine rings is 1. The van der Waals surface area contributed by atoms with E-state index >= 15 is 0 Å². The van der Waals surface area contributed by atoms with Crippen LogP contribution in [0.4, 0.5) is 0 Å². The summed E-state index contributed by atoms with van der Waals surface area (Å²) in [5.41, 5.74) is -0.212. The molecule has 1 amide bonds. The van der Waals surface area contributed by atoms with Gasteiger partial charge in [-0.3, -0.25) is 23.9 Å². The lowest BCUT2D eigenvalue weighted by Crippen LogP contribution is -2.35. The first-order chi connectivity index (χ1) is 13.8. The van der Waals surface area contributed by atoms with Gasteiger partial charge in [0.15, 0.2) is 5.78 Å². The number of aromatic nitrogens is 1. The monoisotopic (exact) mass is 425 g/mol. The summed E-state index contributed by atoms with van der Waals surface area (Å²) in [5.74, 6) is -1.59. The van der Waals surface area contributed by atoms with Gasteiger partial charge in [-0.2, -0.15) is 5.26 Å². The van der Waals surface area contributed by atoms with Crippen LogP contribution >= 0.6 is 24.0 Å². The molecule has 0 radical (unpaired) electrons. The van der Waals surface area contributed by atoms with Gasteiger partial charge in [0, 0.05) is 7.05 Å². The van der Waals surface area contributed by atoms with Gasteiger partial charge in [-0.15, -0.1) is 0 Å². The number of amides is 1. The molecule has 0 saturated carbocycles. The van der Waals surface area contributed by atoms with Crippen molar-refractivity contribution in [3.8, 4) is 11.9 Å². The van der Waals surface area contributed by atoms with Crippen LogP contribution in [0.15, 0.2) is 40.0 Å². The van der Waals surface area contributed by atoms with Crippen LogP contribution in [0.2, 0.25) is 0 Å². The van der Waals surface area contributed by atoms with Gasteiger partial charge in [0.05, 0.1) is 17.0 Å². The van der Waals surface area contributed by atoms with E-state index < -0.39 is 29.7 Å². The van der Waals surface area contributed by atoms with Crippen molar-refractivity contribution in [1.82, 2.24) is 9.47 Å². The lowest BCUT2D eigenvalue weighted by atomic mass is 10.0. The Bertz CT molecular complexity index is 1180. The maximum Gasteiger partial charge on any atom is 0.271 e. The summed E-state index contributed by atoms with van der Waals surface area (Å²) in [4.78, 5) is 39.2. The number of ketones is 1. The van der Waals surface area contributed by atoms with Crippen molar-refractivity contribution in [2.45, 2.75) is 6.92 Å². The molecule has 2 heterocycles. The second-order valence-electron chi connectivity index (χ2n) is 6.28. The van der Waals surface area contributed by atoms with Gasteiger partial charge in [-0.1, -0.05) is 54.3 Å². The number of hydrogen-bond donors (Lipinski definition) is 1. The van der Waals surface area contributed by atoms with Crippen molar-refractivity contribution in [2.75, 3.05) is 6.54 Å². The molecule has 1 saturated heterocycles. The highest BCUT2D eigenvalue weighted by molar-refractivity contribution is 8.26. The average Bonchev–Trinajstić information content (AvgIpc) is 2.95. The van der Waals surface area contributed by atoms with Crippen molar-refractivity contribution >= 4 is 46.1 Å². The fraction of sp³-hybridized carbons (Fsp3) is 0.150. The minimum absolute atomic E-state index is 0.0726. The fourth-order valence-corrected chi connectivity index (χ4v) is 4.16. The molecule has 0 spiro atoms. The minimum Gasteiger partial charge on any atom is -0.494 e. The van der Waals surface area contributed by atoms with Crippen LogP contribution in [0.5, 0.6) is 5.88 Å². The molecule has 0 unspecified atom stereocenters. The largest absolute Gasteiger partial charge is 0.494 e. The van der Waals surface area contributed by atoms with Crippen LogP contribution in [0.25, 0.3) is 6.08 Å². The fourth-order valence-electron chi connectivity index (χ4n) is 2.91. The number of rotatable bonds is 4. The first-order valence-corrected chi connectivity index (χ1v) is 9.65. The Kier molecular flexibility index (Phi) is 5.68. The summed E-state index contributed by atoms with van der Waals surface area (Å²) in [6, 6.07) is 11.0. The van der Waals surface area contributed by atoms with E-state index in [9.17, 15) is 24.8 Å². The maximum absolute atomic E-state index is 12.9. The van der Waals surface area contributed by atoms with Gasteiger partial charge < -0.3 is 5.11 Å². The molecular formula is C20H15N3O4S2. The molecule has 7 nitrogen and oxygen atoms in total. The first-order valence-electron chi connectivity index (χ1n) is 8.42. The third-order valence-electron chi connectivity index (χ3n) is 4.47. The summed E-state index contributed by atoms with van der Waals surface area (Å²) in [6.07, 6.45) is 1.69. The molecule has 3 rings (SSSR count). The predicted molar refractivity (Wildman–Crippen MR) is 113 cm³/mol. The number of nitrogens with zero attached hydrogens (tertiary/aromatic N) is 3. The maximum atomic E-state index is 12.9. The van der Waals surface area contributed by atoms with E-state index in [2.05, 4.69) is 0 Å². The molecular weight excluding hydrogens is 410 g/mol. The highest BCUT2D eigenvalue weighted by atomic mass is 32.2. The summed E-state index contributed by atoms with van der Waals surface area (Å²) >= 11 is 6.33. The zero-order chi connectivity index (χ0) is 21.3. The van der Waals surface area contributed by atoms with E-state index in [0.29, 0.717) is 4.91 Å². The number of Topliss-reactive ketones (excluding diaryl/α,β-unsaturated/α-hetero) is 1. The normalized spacial score (nSPS) is 15.1. The Labute approximate surface area is 175 Å². The molecule has 0 aliphatic carbocycles. The molecule has 1 N–H and O–H groups in total. The third-order valence-corrected chi connectivity index (χ3v) is 5.85. The Morgan fingerprint density at radius 3 is 2.59 bits per heavy atom. The lowest BCUT2D eigenvalue weighted by Gasteiger charge is -2.16. The highest BCUT2D eigenvalue weighted by Gasteiger charge is 2.35. The second kappa shape index (κ2) is 8.03.